The van der Waals surface area contributed by atoms with Crippen molar-refractivity contribution in [3.05, 3.63) is 46.2 Å². The summed E-state index contributed by atoms with van der Waals surface area (Å²) in [5.74, 6) is 0.997. The molecule has 0 saturated carbocycles. The van der Waals surface area contributed by atoms with Crippen LogP contribution < -0.4 is 14.8 Å². The zero-order valence-corrected chi connectivity index (χ0v) is 21.5. The summed E-state index contributed by atoms with van der Waals surface area (Å²) in [5, 5.41) is 4.66. The molecule has 4 heterocycles. The van der Waals surface area contributed by atoms with E-state index < -0.39 is 12.1 Å². The summed E-state index contributed by atoms with van der Waals surface area (Å²) in [4.78, 5) is 8.84. The average molecular weight is 565 g/mol. The normalized spacial score (nSPS) is 28.7. The van der Waals surface area contributed by atoms with Crippen molar-refractivity contribution >= 4 is 49.9 Å². The summed E-state index contributed by atoms with van der Waals surface area (Å²) in [6.07, 6.45) is -0.181. The number of nitrogens with zero attached hydrogens (tertiary/aromatic N) is 2. The lowest BCUT2D eigenvalue weighted by molar-refractivity contribution is -0.213. The van der Waals surface area contributed by atoms with Crippen molar-refractivity contribution < 1.29 is 28.4 Å². The van der Waals surface area contributed by atoms with Gasteiger partial charge in [-0.3, -0.25) is 0 Å². The molecule has 3 saturated heterocycles. The van der Waals surface area contributed by atoms with Crippen LogP contribution in [-0.2, 0) is 18.9 Å². The lowest BCUT2D eigenvalue weighted by Gasteiger charge is -2.23. The van der Waals surface area contributed by atoms with E-state index in [2.05, 4.69) is 31.2 Å². The number of benzene rings is 2. The van der Waals surface area contributed by atoms with Gasteiger partial charge in [-0.2, -0.15) is 0 Å². The van der Waals surface area contributed by atoms with Gasteiger partial charge in [-0.1, -0.05) is 11.6 Å². The minimum absolute atomic E-state index is 0.255. The molecule has 6 rings (SSSR count). The molecule has 1 N–H and O–H groups in total. The van der Waals surface area contributed by atoms with Gasteiger partial charge in [-0.25, -0.2) is 9.97 Å². The molecule has 3 aliphatic rings. The van der Waals surface area contributed by atoms with E-state index in [9.17, 15) is 0 Å². The monoisotopic (exact) mass is 563 g/mol. The highest BCUT2D eigenvalue weighted by Crippen LogP contribution is 2.44. The Kier molecular flexibility index (Phi) is 5.78. The van der Waals surface area contributed by atoms with Gasteiger partial charge < -0.3 is 33.7 Å². The molecule has 3 aromatic rings. The molecular weight excluding hydrogens is 542 g/mol. The summed E-state index contributed by atoms with van der Waals surface area (Å²) < 4.78 is 36.7. The van der Waals surface area contributed by atoms with Crippen LogP contribution in [0.25, 0.3) is 10.9 Å². The van der Waals surface area contributed by atoms with Crippen LogP contribution in [0.3, 0.4) is 0 Å². The lowest BCUT2D eigenvalue weighted by Crippen LogP contribution is -2.37. The van der Waals surface area contributed by atoms with Crippen LogP contribution in [-0.4, -0.2) is 60.2 Å². The van der Waals surface area contributed by atoms with Gasteiger partial charge in [-0.05, 0) is 54.0 Å². The number of ether oxygens (including phenoxy) is 6. The second-order valence-electron chi connectivity index (χ2n) is 9.02. The Balaban J connectivity index is 1.26. The van der Waals surface area contributed by atoms with Crippen LogP contribution in [0.15, 0.2) is 41.1 Å². The van der Waals surface area contributed by atoms with Crippen LogP contribution in [0.4, 0.5) is 11.5 Å². The minimum Gasteiger partial charge on any atom is -0.493 e. The van der Waals surface area contributed by atoms with Crippen molar-refractivity contribution in [2.24, 2.45) is 0 Å². The summed E-state index contributed by atoms with van der Waals surface area (Å²) >= 11 is 9.64. The first kappa shape index (κ1) is 23.2. The molecule has 5 atom stereocenters. The van der Waals surface area contributed by atoms with Crippen molar-refractivity contribution in [2.75, 3.05) is 19.0 Å². The molecule has 0 radical (unpaired) electrons. The largest absolute Gasteiger partial charge is 0.493 e. The fourth-order valence-corrected chi connectivity index (χ4v) is 5.11. The average Bonchev–Trinajstić information content (AvgIpc) is 3.45. The van der Waals surface area contributed by atoms with Crippen LogP contribution in [0.1, 0.15) is 13.8 Å². The van der Waals surface area contributed by atoms with Crippen molar-refractivity contribution in [3.8, 4) is 11.5 Å². The zero-order chi connectivity index (χ0) is 24.3. The van der Waals surface area contributed by atoms with E-state index in [0.717, 1.165) is 15.5 Å². The topological polar surface area (TPSA) is 93.2 Å². The molecule has 2 aromatic carbocycles. The van der Waals surface area contributed by atoms with Crippen LogP contribution in [0, 0.1) is 0 Å². The van der Waals surface area contributed by atoms with E-state index in [1.165, 1.54) is 6.33 Å². The Morgan fingerprint density at radius 2 is 1.94 bits per heavy atom. The van der Waals surface area contributed by atoms with Crippen molar-refractivity contribution in [1.29, 1.82) is 0 Å². The Morgan fingerprint density at radius 1 is 1.09 bits per heavy atom. The van der Waals surface area contributed by atoms with Gasteiger partial charge in [0, 0.05) is 21.6 Å². The SMILES string of the molecule is COc1cc2c(Nc3ccc(Br)c(Cl)c3)ncnc2cc1O[C@H]1CO[C@@H]2C3OC(C)(C)O[C@H]3O[C@H]12. The number of rotatable bonds is 5. The predicted octanol–water partition coefficient (Wildman–Crippen LogP) is 4.82. The molecule has 35 heavy (non-hydrogen) atoms. The number of nitrogens with one attached hydrogen (secondary N) is 1. The Hall–Kier alpha value is -2.21. The maximum atomic E-state index is 6.33. The first-order valence-corrected chi connectivity index (χ1v) is 12.3. The molecule has 0 bridgehead atoms. The molecule has 0 aliphatic carbocycles. The molecule has 11 heteroatoms. The third kappa shape index (κ3) is 4.22. The molecular formula is C24H23BrClN3O6. The molecule has 0 spiro atoms. The second kappa shape index (κ2) is 8.72. The van der Waals surface area contributed by atoms with Crippen LogP contribution in [0.2, 0.25) is 5.02 Å². The fraction of sp³-hybridized carbons (Fsp3) is 0.417. The van der Waals surface area contributed by atoms with Crippen molar-refractivity contribution in [1.82, 2.24) is 9.97 Å². The first-order valence-electron chi connectivity index (χ1n) is 11.2. The van der Waals surface area contributed by atoms with E-state index in [0.29, 0.717) is 34.5 Å². The number of hydrogen-bond acceptors (Lipinski definition) is 9. The summed E-state index contributed by atoms with van der Waals surface area (Å²) in [7, 11) is 1.59. The van der Waals surface area contributed by atoms with E-state index in [1.54, 1.807) is 7.11 Å². The van der Waals surface area contributed by atoms with Crippen LogP contribution in [0.5, 0.6) is 11.5 Å². The quantitative estimate of drug-likeness (QED) is 0.468. The summed E-state index contributed by atoms with van der Waals surface area (Å²) in [6, 6.07) is 9.26. The second-order valence-corrected chi connectivity index (χ2v) is 10.3. The summed E-state index contributed by atoms with van der Waals surface area (Å²) in [6.45, 7) is 4.09. The minimum atomic E-state index is -0.697. The smallest absolute Gasteiger partial charge is 0.190 e. The molecule has 9 nitrogen and oxygen atoms in total. The molecule has 184 valence electrons. The van der Waals surface area contributed by atoms with E-state index in [1.807, 2.05) is 44.2 Å². The van der Waals surface area contributed by atoms with Gasteiger partial charge in [0.25, 0.3) is 0 Å². The highest BCUT2D eigenvalue weighted by molar-refractivity contribution is 9.10. The number of halogens is 2. The first-order chi connectivity index (χ1) is 16.8. The van der Waals surface area contributed by atoms with Crippen LogP contribution >= 0.6 is 27.5 Å². The van der Waals surface area contributed by atoms with Gasteiger partial charge in [0.1, 0.15) is 30.5 Å². The van der Waals surface area contributed by atoms with Gasteiger partial charge in [-0.15, -0.1) is 0 Å². The van der Waals surface area contributed by atoms with Gasteiger partial charge in [0.15, 0.2) is 29.7 Å². The number of methoxy groups -OCH3 is 1. The van der Waals surface area contributed by atoms with Gasteiger partial charge in [0.05, 0.1) is 24.3 Å². The molecule has 1 aromatic heterocycles. The van der Waals surface area contributed by atoms with E-state index >= 15 is 0 Å². The standard InChI is InChI=1S/C24H23BrClN3O6/c1-24(2)34-21-20-19(33-23(21)35-24)18(9-31-20)32-17-8-15-12(7-16(17)30-3)22(28-10-27-15)29-11-4-5-13(25)14(26)6-11/h4-8,10,18-21,23H,9H2,1-3H3,(H,27,28,29)/t18-,19+,20-,21?,23+/m0/s1. The van der Waals surface area contributed by atoms with E-state index in [4.69, 9.17) is 40.0 Å². The summed E-state index contributed by atoms with van der Waals surface area (Å²) in [5.41, 5.74) is 1.48. The molecule has 3 aliphatic heterocycles. The third-order valence-electron chi connectivity index (χ3n) is 6.23. The predicted molar refractivity (Wildman–Crippen MR) is 131 cm³/mol. The maximum Gasteiger partial charge on any atom is 0.190 e. The zero-order valence-electron chi connectivity index (χ0n) is 19.2. The molecule has 1 unspecified atom stereocenters. The van der Waals surface area contributed by atoms with Gasteiger partial charge >= 0.3 is 0 Å². The highest BCUT2D eigenvalue weighted by Gasteiger charge is 2.60. The number of anilines is 2. The number of aromatic nitrogens is 2. The maximum absolute atomic E-state index is 6.33. The van der Waals surface area contributed by atoms with Gasteiger partial charge in [0.2, 0.25) is 0 Å². The molecule has 3 fully saturated rings. The van der Waals surface area contributed by atoms with Crippen molar-refractivity contribution in [3.63, 3.8) is 0 Å². The fourth-order valence-electron chi connectivity index (χ4n) is 4.68. The van der Waals surface area contributed by atoms with E-state index in [-0.39, 0.29) is 24.4 Å². The highest BCUT2D eigenvalue weighted by atomic mass is 79.9. The number of fused-ring (bicyclic) bond motifs is 4. The Bertz CT molecular complexity index is 1290. The van der Waals surface area contributed by atoms with Crippen molar-refractivity contribution in [2.45, 2.75) is 50.3 Å². The Labute approximate surface area is 215 Å². The third-order valence-corrected chi connectivity index (χ3v) is 7.46. The number of hydrogen-bond donors (Lipinski definition) is 1. The molecule has 0 amide bonds. The Morgan fingerprint density at radius 3 is 2.74 bits per heavy atom. The lowest BCUT2D eigenvalue weighted by atomic mass is 10.1.